The zero-order chi connectivity index (χ0) is 14.5. The van der Waals surface area contributed by atoms with Crippen LogP contribution in [-0.4, -0.2) is 16.1 Å². The van der Waals surface area contributed by atoms with E-state index in [0.29, 0.717) is 17.5 Å². The first-order valence-electron chi connectivity index (χ1n) is 6.57. The molecular weight excluding hydrogens is 254 g/mol. The molecule has 4 heteroatoms. The summed E-state index contributed by atoms with van der Waals surface area (Å²) in [6, 6.07) is 10.9. The minimum atomic E-state index is -0.998. The molecule has 1 aromatic heterocycles. The molecule has 0 aliphatic rings. The number of pyridine rings is 1. The maximum absolute atomic E-state index is 10.7. The minimum Gasteiger partial charge on any atom is -0.478 e. The zero-order valence-electron chi connectivity index (χ0n) is 11.5. The van der Waals surface area contributed by atoms with Gasteiger partial charge in [-0.3, -0.25) is 0 Å². The Balaban J connectivity index is 2.08. The molecule has 0 aliphatic heterocycles. The van der Waals surface area contributed by atoms with Gasteiger partial charge in [0, 0.05) is 12.3 Å². The fourth-order valence-electron chi connectivity index (χ4n) is 1.79. The quantitative estimate of drug-likeness (QED) is 0.890. The number of hydrogen-bond acceptors (Lipinski definition) is 3. The van der Waals surface area contributed by atoms with Gasteiger partial charge in [-0.25, -0.2) is 9.78 Å². The summed E-state index contributed by atoms with van der Waals surface area (Å²) < 4.78 is 5.58. The van der Waals surface area contributed by atoms with Gasteiger partial charge in [-0.1, -0.05) is 26.0 Å². The predicted octanol–water partition coefficient (Wildman–Crippen LogP) is 4.09. The zero-order valence-corrected chi connectivity index (χ0v) is 11.5. The van der Waals surface area contributed by atoms with Gasteiger partial charge in [0.1, 0.15) is 5.75 Å². The van der Waals surface area contributed by atoms with Crippen molar-refractivity contribution in [3.8, 4) is 11.6 Å². The number of aromatic nitrogens is 1. The van der Waals surface area contributed by atoms with Gasteiger partial charge in [0.15, 0.2) is 0 Å². The number of carboxylic acids is 1. The Bertz CT molecular complexity index is 576. The normalized spacial score (nSPS) is 11.9. The highest BCUT2D eigenvalue weighted by Crippen LogP contribution is 2.24. The second-order valence-corrected chi connectivity index (χ2v) is 4.67. The average Bonchev–Trinajstić information content (AvgIpc) is 2.48. The van der Waals surface area contributed by atoms with Crippen LogP contribution in [0.1, 0.15) is 42.1 Å². The Kier molecular flexibility index (Phi) is 4.35. The number of nitrogens with zero attached hydrogens (tertiary/aromatic N) is 1. The summed E-state index contributed by atoms with van der Waals surface area (Å²) in [6.45, 7) is 4.34. The highest BCUT2D eigenvalue weighted by molar-refractivity contribution is 5.87. The van der Waals surface area contributed by atoms with E-state index in [9.17, 15) is 4.79 Å². The summed E-state index contributed by atoms with van der Waals surface area (Å²) in [4.78, 5) is 14.7. The van der Waals surface area contributed by atoms with E-state index in [1.54, 1.807) is 6.07 Å². The summed E-state index contributed by atoms with van der Waals surface area (Å²) in [7, 11) is 0. The molecule has 0 saturated heterocycles. The second kappa shape index (κ2) is 6.19. The number of aromatic carboxylic acids is 1. The molecule has 20 heavy (non-hydrogen) atoms. The third-order valence-corrected chi connectivity index (χ3v) is 3.27. The highest BCUT2D eigenvalue weighted by atomic mass is 16.5. The van der Waals surface area contributed by atoms with E-state index >= 15 is 0 Å². The van der Waals surface area contributed by atoms with E-state index in [0.717, 1.165) is 6.42 Å². The van der Waals surface area contributed by atoms with Crippen molar-refractivity contribution in [2.45, 2.75) is 26.2 Å². The maximum atomic E-state index is 10.7. The topological polar surface area (TPSA) is 59.4 Å². The molecule has 0 radical (unpaired) electrons. The van der Waals surface area contributed by atoms with Gasteiger partial charge in [-0.05, 0) is 36.1 Å². The Morgan fingerprint density at radius 3 is 2.45 bits per heavy atom. The van der Waals surface area contributed by atoms with Gasteiger partial charge in [0.25, 0.3) is 0 Å². The average molecular weight is 271 g/mol. The fraction of sp³-hybridized carbons (Fsp3) is 0.250. The van der Waals surface area contributed by atoms with E-state index in [1.165, 1.54) is 17.8 Å². The first-order chi connectivity index (χ1) is 9.60. The van der Waals surface area contributed by atoms with Gasteiger partial charge in [-0.2, -0.15) is 0 Å². The molecule has 1 N–H and O–H groups in total. The van der Waals surface area contributed by atoms with E-state index in [1.807, 2.05) is 24.3 Å². The molecule has 0 fully saturated rings. The third-order valence-electron chi connectivity index (χ3n) is 3.27. The molecule has 0 amide bonds. The minimum absolute atomic E-state index is 0.143. The lowest BCUT2D eigenvalue weighted by molar-refractivity contribution is 0.0696. The lowest BCUT2D eigenvalue weighted by Crippen LogP contribution is -1.97. The Morgan fingerprint density at radius 1 is 1.25 bits per heavy atom. The van der Waals surface area contributed by atoms with Crippen LogP contribution in [0.15, 0.2) is 42.6 Å². The lowest BCUT2D eigenvalue weighted by atomic mass is 9.99. The molecule has 4 nitrogen and oxygen atoms in total. The van der Waals surface area contributed by atoms with Crippen molar-refractivity contribution in [2.24, 2.45) is 0 Å². The van der Waals surface area contributed by atoms with Crippen LogP contribution in [-0.2, 0) is 0 Å². The van der Waals surface area contributed by atoms with Crippen molar-refractivity contribution in [2.75, 3.05) is 0 Å². The van der Waals surface area contributed by atoms with Crippen LogP contribution in [0.25, 0.3) is 0 Å². The lowest BCUT2D eigenvalue weighted by Gasteiger charge is -2.10. The number of carbonyl (C=O) groups is 1. The summed E-state index contributed by atoms with van der Waals surface area (Å²) in [6.07, 6.45) is 2.38. The van der Waals surface area contributed by atoms with Crippen LogP contribution in [0.4, 0.5) is 0 Å². The Morgan fingerprint density at radius 2 is 1.95 bits per heavy atom. The van der Waals surface area contributed by atoms with Crippen molar-refractivity contribution in [3.63, 3.8) is 0 Å². The molecule has 0 bridgehead atoms. The summed E-state index contributed by atoms with van der Waals surface area (Å²) in [5.74, 6) is 0.595. The number of carboxylic acid groups (broad SMARTS) is 1. The predicted molar refractivity (Wildman–Crippen MR) is 76.4 cm³/mol. The van der Waals surface area contributed by atoms with Gasteiger partial charge in [0.05, 0.1) is 5.56 Å². The van der Waals surface area contributed by atoms with Gasteiger partial charge in [0.2, 0.25) is 5.88 Å². The largest absolute Gasteiger partial charge is 0.478 e. The molecule has 2 rings (SSSR count). The van der Waals surface area contributed by atoms with E-state index in [2.05, 4.69) is 18.8 Å². The molecule has 1 atom stereocenters. The van der Waals surface area contributed by atoms with Crippen molar-refractivity contribution >= 4 is 5.97 Å². The third kappa shape index (κ3) is 3.35. The number of benzene rings is 1. The van der Waals surface area contributed by atoms with Gasteiger partial charge >= 0.3 is 5.97 Å². The van der Waals surface area contributed by atoms with E-state index in [-0.39, 0.29) is 5.56 Å². The number of ether oxygens (including phenoxy) is 1. The second-order valence-electron chi connectivity index (χ2n) is 4.67. The first kappa shape index (κ1) is 14.1. The monoisotopic (exact) mass is 271 g/mol. The fourth-order valence-corrected chi connectivity index (χ4v) is 1.79. The van der Waals surface area contributed by atoms with Gasteiger partial charge in [-0.15, -0.1) is 0 Å². The number of hydrogen-bond donors (Lipinski definition) is 1. The standard InChI is InChI=1S/C16H17NO3/c1-3-11(2)12-4-7-14(8-5-12)20-15-9-6-13(10-17-15)16(18)19/h4-11H,3H2,1-2H3,(H,18,19). The summed E-state index contributed by atoms with van der Waals surface area (Å²) in [5.41, 5.74) is 1.42. The molecule has 0 spiro atoms. The van der Waals surface area contributed by atoms with Crippen LogP contribution in [0.5, 0.6) is 11.6 Å². The maximum Gasteiger partial charge on any atom is 0.337 e. The molecule has 104 valence electrons. The van der Waals surface area contributed by atoms with Crippen molar-refractivity contribution < 1.29 is 14.6 Å². The summed E-state index contributed by atoms with van der Waals surface area (Å²) in [5, 5.41) is 8.79. The molecule has 2 aromatic rings. The van der Waals surface area contributed by atoms with Crippen molar-refractivity contribution in [3.05, 3.63) is 53.7 Å². The van der Waals surface area contributed by atoms with Crippen LogP contribution in [0, 0.1) is 0 Å². The summed E-state index contributed by atoms with van der Waals surface area (Å²) >= 11 is 0. The van der Waals surface area contributed by atoms with Crippen LogP contribution in [0.2, 0.25) is 0 Å². The SMILES string of the molecule is CCC(C)c1ccc(Oc2ccc(C(=O)O)cn2)cc1. The van der Waals surface area contributed by atoms with Crippen LogP contribution in [0.3, 0.4) is 0 Å². The highest BCUT2D eigenvalue weighted by Gasteiger charge is 2.06. The molecule has 1 heterocycles. The van der Waals surface area contributed by atoms with E-state index in [4.69, 9.17) is 9.84 Å². The Hall–Kier alpha value is -2.36. The molecule has 1 unspecified atom stereocenters. The molecule has 0 saturated carbocycles. The van der Waals surface area contributed by atoms with Crippen LogP contribution < -0.4 is 4.74 Å². The molecular formula is C16H17NO3. The number of rotatable bonds is 5. The van der Waals surface area contributed by atoms with Crippen molar-refractivity contribution in [1.29, 1.82) is 0 Å². The molecule has 1 aromatic carbocycles. The Labute approximate surface area is 118 Å². The first-order valence-corrected chi connectivity index (χ1v) is 6.57. The van der Waals surface area contributed by atoms with E-state index < -0.39 is 5.97 Å². The molecule has 0 aliphatic carbocycles. The van der Waals surface area contributed by atoms with Gasteiger partial charge < -0.3 is 9.84 Å². The smallest absolute Gasteiger partial charge is 0.337 e. The van der Waals surface area contributed by atoms with Crippen LogP contribution >= 0.6 is 0 Å². The van der Waals surface area contributed by atoms with Crippen molar-refractivity contribution in [1.82, 2.24) is 4.98 Å².